The number of ether oxygens (including phenoxy) is 1. The summed E-state index contributed by atoms with van der Waals surface area (Å²) in [4.78, 5) is 23.5. The molecule has 0 amide bonds. The predicted molar refractivity (Wildman–Crippen MR) is 313 cm³/mol. The van der Waals surface area contributed by atoms with Gasteiger partial charge >= 0.3 is 11.9 Å². The lowest BCUT2D eigenvalue weighted by molar-refractivity contribution is -0.144. The molecule has 1 unspecified atom stereocenters. The molecule has 0 aliphatic carbocycles. The molecule has 0 saturated heterocycles. The van der Waals surface area contributed by atoms with Crippen molar-refractivity contribution in [3.8, 4) is 0 Å². The van der Waals surface area contributed by atoms with Crippen molar-refractivity contribution in [3.63, 3.8) is 0 Å². The first-order valence-electron chi connectivity index (χ1n) is 32.9. The Morgan fingerprint density at radius 2 is 0.457 bits per heavy atom. The molecular weight excluding hydrogens is 857 g/mol. The second kappa shape index (κ2) is 66.0. The van der Waals surface area contributed by atoms with Crippen LogP contribution in [-0.4, -0.2) is 23.7 Å². The van der Waals surface area contributed by atoms with E-state index >= 15 is 0 Å². The Morgan fingerprint density at radius 1 is 0.271 bits per heavy atom. The van der Waals surface area contributed by atoms with Gasteiger partial charge in [-0.15, -0.1) is 0 Å². The lowest BCUT2D eigenvalue weighted by Gasteiger charge is -2.12. The van der Waals surface area contributed by atoms with Crippen LogP contribution in [0.25, 0.3) is 0 Å². The van der Waals surface area contributed by atoms with Crippen LogP contribution in [0.2, 0.25) is 0 Å². The second-order valence-corrected chi connectivity index (χ2v) is 22.6. The first kappa shape index (κ1) is 71.0. The summed E-state index contributed by atoms with van der Waals surface area (Å²) in [7, 11) is 0. The van der Waals surface area contributed by atoms with Gasteiger partial charge in [-0.2, -0.15) is 0 Å². The van der Waals surface area contributed by atoms with E-state index in [1.54, 1.807) is 0 Å². The fraction of sp³-hybridized carbons (Fsp3) is 0.970. The van der Waals surface area contributed by atoms with Gasteiger partial charge in [0.2, 0.25) is 0 Å². The van der Waals surface area contributed by atoms with Gasteiger partial charge in [-0.1, -0.05) is 368 Å². The summed E-state index contributed by atoms with van der Waals surface area (Å²) in [6, 6.07) is 0. The summed E-state index contributed by atoms with van der Waals surface area (Å²) in [6.07, 6.45) is 77.1. The summed E-state index contributed by atoms with van der Waals surface area (Å²) in [5.41, 5.74) is 0. The van der Waals surface area contributed by atoms with E-state index in [-0.39, 0.29) is 11.9 Å². The van der Waals surface area contributed by atoms with Gasteiger partial charge in [0, 0.05) is 6.42 Å². The molecule has 0 spiro atoms. The first-order chi connectivity index (χ1) is 34.5. The van der Waals surface area contributed by atoms with E-state index in [4.69, 9.17) is 4.74 Å². The molecule has 1 N–H and O–H groups in total. The highest BCUT2D eigenvalue weighted by atomic mass is 16.5. The standard InChI is InChI=1S/C34H68O2.C32H64O2/c1-3-5-7-9-11-13-15-17-18-19-20-22-24-26-28-30-32-33(34(35)36)31-29-27-25-23-21-16-14-12-10-8-6-4-2;1-3-5-7-9-11-13-15-17-19-21-23-25-27-29-31-34-32(33)30-28-26-24-22-20-18-16-14-12-10-8-6-4-2/h33H,3-32H2,1-2H3,(H,35,36);3-31H2,1-2H3. The monoisotopic (exact) mass is 989 g/mol. The average Bonchev–Trinajstić information content (AvgIpc) is 3.36. The molecule has 4 nitrogen and oxygen atoms in total. The van der Waals surface area contributed by atoms with E-state index in [0.29, 0.717) is 13.0 Å². The van der Waals surface area contributed by atoms with Crippen LogP contribution < -0.4 is 0 Å². The lowest BCUT2D eigenvalue weighted by atomic mass is 9.94. The van der Waals surface area contributed by atoms with Crippen LogP contribution >= 0.6 is 0 Å². The highest BCUT2D eigenvalue weighted by molar-refractivity contribution is 5.70. The van der Waals surface area contributed by atoms with E-state index in [9.17, 15) is 14.7 Å². The number of rotatable bonds is 60. The molecule has 0 aliphatic heterocycles. The SMILES string of the molecule is CCCCCCCCCCCCCCCCCCC(CCCCCCCCCCCCCC)C(=O)O.CCCCCCCCCCCCCCCCOC(=O)CCCCCCCCCCCCCCC. The third-order valence-corrected chi connectivity index (χ3v) is 15.4. The molecule has 70 heavy (non-hydrogen) atoms. The van der Waals surface area contributed by atoms with Crippen molar-refractivity contribution >= 4 is 11.9 Å². The number of carboxylic acids is 1. The van der Waals surface area contributed by atoms with Gasteiger partial charge in [-0.25, -0.2) is 0 Å². The fourth-order valence-corrected chi connectivity index (χ4v) is 10.4. The molecule has 4 heteroatoms. The number of carboxylic acid groups (broad SMARTS) is 1. The maximum atomic E-state index is 11.9. The normalized spacial score (nSPS) is 11.8. The van der Waals surface area contributed by atoms with Gasteiger partial charge in [-0.05, 0) is 25.7 Å². The van der Waals surface area contributed by atoms with Crippen molar-refractivity contribution in [3.05, 3.63) is 0 Å². The van der Waals surface area contributed by atoms with Crippen LogP contribution in [0.3, 0.4) is 0 Å². The molecule has 0 rings (SSSR count). The van der Waals surface area contributed by atoms with Crippen LogP contribution in [0.1, 0.15) is 400 Å². The zero-order valence-corrected chi connectivity index (χ0v) is 49.0. The van der Waals surface area contributed by atoms with Crippen LogP contribution in [0.4, 0.5) is 0 Å². The molecule has 0 fully saturated rings. The van der Waals surface area contributed by atoms with Gasteiger partial charge in [0.15, 0.2) is 0 Å². The molecule has 0 aromatic rings. The van der Waals surface area contributed by atoms with Crippen molar-refractivity contribution in [2.45, 2.75) is 400 Å². The quantitative estimate of drug-likeness (QED) is 0.0487. The minimum atomic E-state index is -0.556. The summed E-state index contributed by atoms with van der Waals surface area (Å²) < 4.78 is 5.42. The van der Waals surface area contributed by atoms with E-state index in [1.807, 2.05) is 0 Å². The average molecular weight is 990 g/mol. The Morgan fingerprint density at radius 3 is 0.671 bits per heavy atom. The lowest BCUT2D eigenvalue weighted by Crippen LogP contribution is -2.13. The Hall–Kier alpha value is -1.06. The summed E-state index contributed by atoms with van der Waals surface area (Å²) >= 11 is 0. The zero-order chi connectivity index (χ0) is 51.2. The molecule has 0 aromatic carbocycles. The van der Waals surface area contributed by atoms with E-state index in [1.165, 1.54) is 327 Å². The Labute approximate surface area is 442 Å². The zero-order valence-electron chi connectivity index (χ0n) is 49.0. The van der Waals surface area contributed by atoms with Crippen molar-refractivity contribution < 1.29 is 19.4 Å². The fourth-order valence-electron chi connectivity index (χ4n) is 10.4. The highest BCUT2D eigenvalue weighted by Crippen LogP contribution is 2.21. The van der Waals surface area contributed by atoms with Crippen LogP contribution in [0, 0.1) is 5.92 Å². The minimum absolute atomic E-state index is 0.0257. The van der Waals surface area contributed by atoms with Crippen LogP contribution in [0.15, 0.2) is 0 Å². The maximum Gasteiger partial charge on any atom is 0.306 e. The van der Waals surface area contributed by atoms with E-state index < -0.39 is 5.97 Å². The minimum Gasteiger partial charge on any atom is -0.481 e. The largest absolute Gasteiger partial charge is 0.481 e. The molecule has 420 valence electrons. The predicted octanol–water partition coefficient (Wildman–Crippen LogP) is 23.9. The van der Waals surface area contributed by atoms with Gasteiger partial charge in [0.25, 0.3) is 0 Å². The molecular formula is C66H132O4. The van der Waals surface area contributed by atoms with Gasteiger partial charge in [0.1, 0.15) is 0 Å². The van der Waals surface area contributed by atoms with Crippen molar-refractivity contribution in [2.75, 3.05) is 6.61 Å². The highest BCUT2D eigenvalue weighted by Gasteiger charge is 2.16. The number of aliphatic carboxylic acids is 1. The molecule has 0 aromatic heterocycles. The molecule has 1 atom stereocenters. The summed E-state index contributed by atoms with van der Waals surface area (Å²) in [5, 5.41) is 9.58. The third kappa shape index (κ3) is 65.0. The Kier molecular flexibility index (Phi) is 66.9. The number of hydrogen-bond acceptors (Lipinski definition) is 3. The third-order valence-electron chi connectivity index (χ3n) is 15.4. The molecule has 0 saturated carbocycles. The smallest absolute Gasteiger partial charge is 0.306 e. The van der Waals surface area contributed by atoms with E-state index in [2.05, 4.69) is 27.7 Å². The molecule has 0 radical (unpaired) electrons. The van der Waals surface area contributed by atoms with Gasteiger partial charge in [0.05, 0.1) is 12.5 Å². The molecule has 0 bridgehead atoms. The molecule has 0 aliphatic rings. The number of unbranched alkanes of at least 4 members (excludes halogenated alkanes) is 51. The second-order valence-electron chi connectivity index (χ2n) is 22.6. The number of carbonyl (C=O) groups excluding carboxylic acids is 1. The first-order valence-corrected chi connectivity index (χ1v) is 32.9. The molecule has 0 heterocycles. The maximum absolute atomic E-state index is 11.9. The number of carbonyl (C=O) groups is 2. The van der Waals surface area contributed by atoms with Crippen LogP contribution in [0.5, 0.6) is 0 Å². The number of esters is 1. The van der Waals surface area contributed by atoms with Crippen molar-refractivity contribution in [1.82, 2.24) is 0 Å². The van der Waals surface area contributed by atoms with E-state index in [0.717, 1.165) is 38.5 Å². The Bertz CT molecular complexity index is 948. The van der Waals surface area contributed by atoms with Gasteiger partial charge in [-0.3, -0.25) is 9.59 Å². The summed E-state index contributed by atoms with van der Waals surface area (Å²) in [6.45, 7) is 9.77. The Balaban J connectivity index is 0. The van der Waals surface area contributed by atoms with Crippen molar-refractivity contribution in [2.24, 2.45) is 5.92 Å². The van der Waals surface area contributed by atoms with Crippen molar-refractivity contribution in [1.29, 1.82) is 0 Å². The van der Waals surface area contributed by atoms with Crippen LogP contribution in [-0.2, 0) is 14.3 Å². The summed E-state index contributed by atoms with van der Waals surface area (Å²) in [5.74, 6) is -0.628. The topological polar surface area (TPSA) is 63.6 Å². The number of hydrogen-bond donors (Lipinski definition) is 1. The van der Waals surface area contributed by atoms with Gasteiger partial charge < -0.3 is 9.84 Å².